The predicted molar refractivity (Wildman–Crippen MR) is 145 cm³/mol. The topological polar surface area (TPSA) is 76.5 Å². The Labute approximate surface area is 216 Å². The van der Waals surface area contributed by atoms with Crippen molar-refractivity contribution in [2.75, 3.05) is 0 Å². The van der Waals surface area contributed by atoms with E-state index in [0.717, 1.165) is 30.4 Å². The molecule has 0 radical (unpaired) electrons. The molecule has 4 N–H and O–H groups in total. The summed E-state index contributed by atoms with van der Waals surface area (Å²) in [5, 5.41) is 31.4. The molecule has 0 unspecified atom stereocenters. The average molecular weight is 492 g/mol. The van der Waals surface area contributed by atoms with Crippen molar-refractivity contribution in [1.82, 2.24) is 4.98 Å². The summed E-state index contributed by atoms with van der Waals surface area (Å²) in [4.78, 5) is 3.39. The summed E-state index contributed by atoms with van der Waals surface area (Å²) >= 11 is 0. The van der Waals surface area contributed by atoms with Crippen molar-refractivity contribution in [3.05, 3.63) is 71.1 Å². The van der Waals surface area contributed by atoms with Crippen LogP contribution in [-0.2, 0) is 5.41 Å². The van der Waals surface area contributed by atoms with Gasteiger partial charge in [-0.25, -0.2) is 0 Å². The lowest BCUT2D eigenvalue weighted by Crippen LogP contribution is -2.35. The van der Waals surface area contributed by atoms with E-state index in [1.165, 1.54) is 42.5 Å². The van der Waals surface area contributed by atoms with E-state index in [4.69, 9.17) is 0 Å². The zero-order valence-electron chi connectivity index (χ0n) is 22.3. The highest BCUT2D eigenvalue weighted by Crippen LogP contribution is 2.59. The Morgan fingerprint density at radius 3 is 2.61 bits per heavy atom. The Morgan fingerprint density at radius 1 is 1.14 bits per heavy atom. The smallest absolute Gasteiger partial charge is 0.0831 e. The fourth-order valence-electron chi connectivity index (χ4n) is 7.86. The number of aromatic amines is 1. The second-order valence-corrected chi connectivity index (χ2v) is 12.6. The summed E-state index contributed by atoms with van der Waals surface area (Å²) in [7, 11) is 0. The van der Waals surface area contributed by atoms with Crippen molar-refractivity contribution in [2.24, 2.45) is 23.2 Å². The van der Waals surface area contributed by atoms with E-state index in [2.05, 4.69) is 62.7 Å². The molecular formula is C32H45NO3. The first-order valence-corrected chi connectivity index (χ1v) is 14.1. The molecule has 4 aliphatic carbocycles. The fourth-order valence-corrected chi connectivity index (χ4v) is 7.86. The first kappa shape index (κ1) is 25.8. The molecule has 4 aliphatic rings. The van der Waals surface area contributed by atoms with Gasteiger partial charge in [-0.2, -0.15) is 0 Å². The second kappa shape index (κ2) is 9.78. The van der Waals surface area contributed by atoms with Crippen LogP contribution in [-0.4, -0.2) is 38.6 Å². The summed E-state index contributed by atoms with van der Waals surface area (Å²) in [6.07, 6.45) is 18.4. The molecule has 0 bridgehead atoms. The van der Waals surface area contributed by atoms with Crippen LogP contribution >= 0.6 is 0 Å². The predicted octanol–water partition coefficient (Wildman–Crippen LogP) is 6.05. The number of allylic oxidation sites excluding steroid dienone is 4. The van der Waals surface area contributed by atoms with Crippen molar-refractivity contribution in [3.8, 4) is 0 Å². The maximum absolute atomic E-state index is 11.1. The Hall–Kier alpha value is -1.88. The van der Waals surface area contributed by atoms with Gasteiger partial charge in [0.25, 0.3) is 0 Å². The minimum absolute atomic E-state index is 0.120. The van der Waals surface area contributed by atoms with Gasteiger partial charge in [-0.1, -0.05) is 50.3 Å². The zero-order valence-corrected chi connectivity index (χ0v) is 22.3. The van der Waals surface area contributed by atoms with Crippen LogP contribution in [0.15, 0.2) is 59.9 Å². The molecular weight excluding hydrogens is 446 g/mol. The van der Waals surface area contributed by atoms with E-state index in [1.807, 2.05) is 6.20 Å². The second-order valence-electron chi connectivity index (χ2n) is 12.6. The maximum Gasteiger partial charge on any atom is 0.0831 e. The average Bonchev–Trinajstić information content (AvgIpc) is 3.41. The third kappa shape index (κ3) is 4.61. The summed E-state index contributed by atoms with van der Waals surface area (Å²) < 4.78 is 0. The van der Waals surface area contributed by atoms with Crippen LogP contribution in [0.1, 0.15) is 82.9 Å². The summed E-state index contributed by atoms with van der Waals surface area (Å²) in [6.45, 7) is 11.0. The van der Waals surface area contributed by atoms with Crippen LogP contribution in [0.25, 0.3) is 0 Å². The number of fused-ring (bicyclic) bond motifs is 1. The number of aliphatic hydroxyl groups excluding tert-OH is 3. The molecule has 0 spiro atoms. The maximum atomic E-state index is 11.1. The molecule has 5 rings (SSSR count). The number of H-pyrrole nitrogens is 1. The lowest BCUT2D eigenvalue weighted by atomic mass is 9.61. The number of aliphatic hydroxyl groups is 3. The van der Waals surface area contributed by atoms with Crippen molar-refractivity contribution in [2.45, 2.75) is 102 Å². The molecule has 1 aromatic heterocycles. The van der Waals surface area contributed by atoms with Gasteiger partial charge >= 0.3 is 0 Å². The molecule has 36 heavy (non-hydrogen) atoms. The zero-order chi connectivity index (χ0) is 25.7. The SMILES string of the molecule is C=C1C(=CC=C2CCC[C@]3(C)[C@@H]([C@H](C)C=C[C@H](O)C4(c5cc(C)c[nH]5)CC4)CC[C@@H]23)C[C@@H](O)C[C@@H]1O. The van der Waals surface area contributed by atoms with Crippen molar-refractivity contribution in [3.63, 3.8) is 0 Å². The number of hydrogen-bond donors (Lipinski definition) is 4. The highest BCUT2D eigenvalue weighted by atomic mass is 16.3. The van der Waals surface area contributed by atoms with Gasteiger partial charge < -0.3 is 20.3 Å². The molecule has 4 heteroatoms. The minimum atomic E-state index is -0.635. The Kier molecular flexibility index (Phi) is 6.99. The number of aromatic nitrogens is 1. The van der Waals surface area contributed by atoms with Crippen LogP contribution in [0.3, 0.4) is 0 Å². The van der Waals surface area contributed by atoms with E-state index in [9.17, 15) is 15.3 Å². The Balaban J connectivity index is 1.29. The third-order valence-electron chi connectivity index (χ3n) is 10.3. The molecule has 7 atom stereocenters. The van der Waals surface area contributed by atoms with E-state index in [0.29, 0.717) is 30.6 Å². The van der Waals surface area contributed by atoms with E-state index < -0.39 is 18.3 Å². The number of rotatable bonds is 6. The van der Waals surface area contributed by atoms with Crippen molar-refractivity contribution < 1.29 is 15.3 Å². The van der Waals surface area contributed by atoms with E-state index in [-0.39, 0.29) is 10.8 Å². The molecule has 1 heterocycles. The van der Waals surface area contributed by atoms with Gasteiger partial charge in [0.05, 0.1) is 18.3 Å². The molecule has 196 valence electrons. The van der Waals surface area contributed by atoms with Crippen molar-refractivity contribution >= 4 is 0 Å². The molecule has 0 aliphatic heterocycles. The number of hydrogen-bond acceptors (Lipinski definition) is 3. The van der Waals surface area contributed by atoms with Gasteiger partial charge in [-0.05, 0) is 104 Å². The lowest BCUT2D eigenvalue weighted by molar-refractivity contribution is 0.0862. The molecule has 4 saturated carbocycles. The van der Waals surface area contributed by atoms with Crippen LogP contribution in [0, 0.1) is 30.1 Å². The number of aryl methyl sites for hydroxylation is 1. The van der Waals surface area contributed by atoms with Gasteiger partial charge in [-0.15, -0.1) is 0 Å². The van der Waals surface area contributed by atoms with Crippen LogP contribution in [0.5, 0.6) is 0 Å². The monoisotopic (exact) mass is 491 g/mol. The third-order valence-corrected chi connectivity index (χ3v) is 10.3. The largest absolute Gasteiger partial charge is 0.393 e. The Bertz CT molecular complexity index is 1070. The minimum Gasteiger partial charge on any atom is -0.393 e. The molecule has 0 aromatic carbocycles. The molecule has 1 aromatic rings. The highest BCUT2D eigenvalue weighted by Gasteiger charge is 2.52. The lowest BCUT2D eigenvalue weighted by Gasteiger charge is -2.44. The van der Waals surface area contributed by atoms with Gasteiger partial charge in [0.15, 0.2) is 0 Å². The molecule has 0 amide bonds. The normalized spacial score (nSPS) is 38.0. The van der Waals surface area contributed by atoms with Gasteiger partial charge in [0, 0.05) is 23.7 Å². The highest BCUT2D eigenvalue weighted by molar-refractivity contribution is 5.39. The quantitative estimate of drug-likeness (QED) is 0.366. The summed E-state index contributed by atoms with van der Waals surface area (Å²) in [5.41, 5.74) is 5.83. The molecule has 4 fully saturated rings. The van der Waals surface area contributed by atoms with Gasteiger partial charge in [-0.3, -0.25) is 0 Å². The fraction of sp³-hybridized carbons (Fsp3) is 0.625. The van der Waals surface area contributed by atoms with E-state index >= 15 is 0 Å². The van der Waals surface area contributed by atoms with Crippen LogP contribution in [0.2, 0.25) is 0 Å². The standard InChI is InChI=1S/C32H45NO3/c1-20-16-29(33-19-20)32(14-15-32)30(36)12-7-21(2)26-10-11-27-23(6-5-13-31(26,27)4)8-9-24-17-25(34)18-28(35)22(24)3/h7-9,12,16,19,21,25-28,30,33-36H,3,5-6,10-11,13-15,17-18H2,1-2,4H3/t21-,25-,26-,27+,28+,30+,31-/m1/s1. The number of nitrogens with one attached hydrogen (secondary N) is 1. The first-order valence-electron chi connectivity index (χ1n) is 14.1. The van der Waals surface area contributed by atoms with Crippen molar-refractivity contribution in [1.29, 1.82) is 0 Å². The Morgan fingerprint density at radius 2 is 1.92 bits per heavy atom. The molecule has 0 saturated heterocycles. The molecule has 4 nitrogen and oxygen atoms in total. The summed E-state index contributed by atoms with van der Waals surface area (Å²) in [5.74, 6) is 1.62. The summed E-state index contributed by atoms with van der Waals surface area (Å²) in [6, 6.07) is 2.19. The first-order chi connectivity index (χ1) is 17.1. The van der Waals surface area contributed by atoms with Gasteiger partial charge in [0.2, 0.25) is 0 Å². The van der Waals surface area contributed by atoms with Crippen LogP contribution < -0.4 is 0 Å². The van der Waals surface area contributed by atoms with Crippen LogP contribution in [0.4, 0.5) is 0 Å². The van der Waals surface area contributed by atoms with Gasteiger partial charge in [0.1, 0.15) is 0 Å². The van der Waals surface area contributed by atoms with E-state index in [1.54, 1.807) is 0 Å².